The molecule has 0 amide bonds. The van der Waals surface area contributed by atoms with Crippen molar-refractivity contribution in [1.82, 2.24) is 10.2 Å². The van der Waals surface area contributed by atoms with Crippen molar-refractivity contribution in [2.24, 2.45) is 0 Å². The van der Waals surface area contributed by atoms with Crippen molar-refractivity contribution in [2.75, 3.05) is 19.6 Å². The molecule has 1 N–H and O–H groups in total. The van der Waals surface area contributed by atoms with E-state index in [2.05, 4.69) is 28.6 Å². The van der Waals surface area contributed by atoms with Gasteiger partial charge in [0.25, 0.3) is 0 Å². The number of likely N-dealkylation sites (tertiary alicyclic amines) is 1. The molecule has 2 nitrogen and oxygen atoms in total. The average molecular weight is 264 g/mol. The predicted molar refractivity (Wildman–Crippen MR) is 78.3 cm³/mol. The molecule has 1 aliphatic carbocycles. The van der Waals surface area contributed by atoms with Crippen molar-refractivity contribution < 1.29 is 0 Å². The predicted octanol–water partition coefficient (Wildman–Crippen LogP) is 3.20. The molecule has 0 aromatic carbocycles. The minimum absolute atomic E-state index is 0.616. The summed E-state index contributed by atoms with van der Waals surface area (Å²) >= 11 is 1.94. The van der Waals surface area contributed by atoms with Gasteiger partial charge in [-0.1, -0.05) is 0 Å². The number of thiophene rings is 1. The fourth-order valence-corrected chi connectivity index (χ4v) is 4.31. The van der Waals surface area contributed by atoms with Crippen molar-refractivity contribution in [3.8, 4) is 0 Å². The van der Waals surface area contributed by atoms with Crippen LogP contribution in [-0.4, -0.2) is 30.6 Å². The van der Waals surface area contributed by atoms with Crippen LogP contribution in [0.3, 0.4) is 0 Å². The van der Waals surface area contributed by atoms with E-state index in [4.69, 9.17) is 0 Å². The Kier molecular flexibility index (Phi) is 4.02. The summed E-state index contributed by atoms with van der Waals surface area (Å²) in [6.45, 7) is 6.12. The normalized spacial score (nSPS) is 26.2. The molecule has 0 bridgehead atoms. The molecule has 2 aliphatic rings. The van der Waals surface area contributed by atoms with Crippen molar-refractivity contribution >= 4 is 11.3 Å². The Labute approximate surface area is 114 Å². The van der Waals surface area contributed by atoms with Crippen molar-refractivity contribution in [3.05, 3.63) is 21.9 Å². The third-order valence-corrected chi connectivity index (χ3v) is 5.47. The summed E-state index contributed by atoms with van der Waals surface area (Å²) in [5.74, 6) is 0. The third kappa shape index (κ3) is 2.63. The summed E-state index contributed by atoms with van der Waals surface area (Å²) in [6.07, 6.45) is 6.75. The maximum Gasteiger partial charge on any atom is 0.0332 e. The quantitative estimate of drug-likeness (QED) is 0.898. The molecule has 2 heterocycles. The van der Waals surface area contributed by atoms with Gasteiger partial charge >= 0.3 is 0 Å². The standard InChI is InChI=1S/C15H24N2S/c1-12(17-8-2-3-9-17)11-16-14-5-4-6-15-13(14)7-10-18-15/h7,10,12,14,16H,2-6,8-9,11H2,1H3. The third-order valence-electron chi connectivity index (χ3n) is 4.48. The monoisotopic (exact) mass is 264 g/mol. The van der Waals surface area contributed by atoms with Crippen LogP contribution < -0.4 is 5.32 Å². The van der Waals surface area contributed by atoms with E-state index in [1.54, 1.807) is 10.4 Å². The van der Waals surface area contributed by atoms with Gasteiger partial charge in [0.05, 0.1) is 0 Å². The van der Waals surface area contributed by atoms with Gasteiger partial charge in [0.1, 0.15) is 0 Å². The van der Waals surface area contributed by atoms with E-state index in [0.717, 1.165) is 6.54 Å². The highest BCUT2D eigenvalue weighted by atomic mass is 32.1. The van der Waals surface area contributed by atoms with Crippen LogP contribution in [0.5, 0.6) is 0 Å². The number of hydrogen-bond acceptors (Lipinski definition) is 3. The zero-order valence-electron chi connectivity index (χ0n) is 11.3. The van der Waals surface area contributed by atoms with Crippen LogP contribution in [0.15, 0.2) is 11.4 Å². The van der Waals surface area contributed by atoms with Gasteiger partial charge in [-0.25, -0.2) is 0 Å². The molecule has 2 unspecified atom stereocenters. The van der Waals surface area contributed by atoms with E-state index >= 15 is 0 Å². The largest absolute Gasteiger partial charge is 0.308 e. The maximum atomic E-state index is 3.81. The zero-order valence-corrected chi connectivity index (χ0v) is 12.1. The highest BCUT2D eigenvalue weighted by molar-refractivity contribution is 7.10. The SMILES string of the molecule is CC(CNC1CCCc2sccc21)N1CCCC1. The lowest BCUT2D eigenvalue weighted by Gasteiger charge is -2.29. The van der Waals surface area contributed by atoms with Gasteiger partial charge < -0.3 is 5.32 Å². The van der Waals surface area contributed by atoms with Gasteiger partial charge in [0.15, 0.2) is 0 Å². The van der Waals surface area contributed by atoms with E-state index in [1.165, 1.54) is 45.2 Å². The molecule has 0 spiro atoms. The van der Waals surface area contributed by atoms with Crippen LogP contribution in [-0.2, 0) is 6.42 Å². The van der Waals surface area contributed by atoms with E-state index < -0.39 is 0 Å². The molecular weight excluding hydrogens is 240 g/mol. The van der Waals surface area contributed by atoms with Crippen LogP contribution in [0, 0.1) is 0 Å². The molecule has 100 valence electrons. The highest BCUT2D eigenvalue weighted by Gasteiger charge is 2.23. The first-order chi connectivity index (χ1) is 8.84. The van der Waals surface area contributed by atoms with Crippen LogP contribution >= 0.6 is 11.3 Å². The number of nitrogens with one attached hydrogen (secondary N) is 1. The first kappa shape index (κ1) is 12.6. The minimum Gasteiger partial charge on any atom is -0.308 e. The van der Waals surface area contributed by atoms with Crippen LogP contribution in [0.2, 0.25) is 0 Å². The number of hydrogen-bond donors (Lipinski definition) is 1. The Morgan fingerprint density at radius 3 is 3.06 bits per heavy atom. The van der Waals surface area contributed by atoms with E-state index in [1.807, 2.05) is 11.3 Å². The van der Waals surface area contributed by atoms with Crippen LogP contribution in [0.25, 0.3) is 0 Å². The van der Waals surface area contributed by atoms with Crippen LogP contribution in [0.4, 0.5) is 0 Å². The van der Waals surface area contributed by atoms with Crippen molar-refractivity contribution in [1.29, 1.82) is 0 Å². The second kappa shape index (κ2) is 5.72. The lowest BCUT2D eigenvalue weighted by molar-refractivity contribution is 0.243. The number of fused-ring (bicyclic) bond motifs is 1. The molecule has 18 heavy (non-hydrogen) atoms. The Morgan fingerprint density at radius 2 is 2.22 bits per heavy atom. The topological polar surface area (TPSA) is 15.3 Å². The molecule has 1 saturated heterocycles. The molecule has 0 radical (unpaired) electrons. The second-order valence-corrected chi connectivity index (χ2v) is 6.74. The summed E-state index contributed by atoms with van der Waals surface area (Å²) in [4.78, 5) is 4.25. The van der Waals surface area contributed by atoms with Gasteiger partial charge in [-0.05, 0) is 69.1 Å². The van der Waals surface area contributed by atoms with Gasteiger partial charge in [-0.2, -0.15) is 0 Å². The molecule has 3 rings (SSSR count). The Bertz CT molecular complexity index is 382. The second-order valence-electron chi connectivity index (χ2n) is 5.74. The maximum absolute atomic E-state index is 3.81. The molecule has 2 atom stereocenters. The zero-order chi connectivity index (χ0) is 12.4. The lowest BCUT2D eigenvalue weighted by atomic mass is 9.94. The molecule has 3 heteroatoms. The number of nitrogens with zero attached hydrogens (tertiary/aromatic N) is 1. The molecule has 1 aromatic heterocycles. The van der Waals surface area contributed by atoms with Gasteiger partial charge in [-0.15, -0.1) is 11.3 Å². The Morgan fingerprint density at radius 1 is 1.39 bits per heavy atom. The first-order valence-corrected chi connectivity index (χ1v) is 8.26. The van der Waals surface area contributed by atoms with E-state index in [-0.39, 0.29) is 0 Å². The molecule has 1 aliphatic heterocycles. The van der Waals surface area contributed by atoms with Crippen LogP contribution in [0.1, 0.15) is 49.1 Å². The minimum atomic E-state index is 0.616. The van der Waals surface area contributed by atoms with Crippen molar-refractivity contribution in [2.45, 2.75) is 51.1 Å². The molecule has 1 aromatic rings. The summed E-state index contributed by atoms with van der Waals surface area (Å²) in [7, 11) is 0. The van der Waals surface area contributed by atoms with Gasteiger partial charge in [-0.3, -0.25) is 4.90 Å². The summed E-state index contributed by atoms with van der Waals surface area (Å²) in [5, 5.41) is 6.06. The van der Waals surface area contributed by atoms with E-state index in [9.17, 15) is 0 Å². The fourth-order valence-electron chi connectivity index (χ4n) is 3.32. The Hall–Kier alpha value is -0.380. The van der Waals surface area contributed by atoms with Gasteiger partial charge in [0.2, 0.25) is 0 Å². The summed E-state index contributed by atoms with van der Waals surface area (Å²) in [6, 6.07) is 3.64. The highest BCUT2D eigenvalue weighted by Crippen LogP contribution is 2.33. The molecular formula is C15H24N2S. The molecule has 0 saturated carbocycles. The van der Waals surface area contributed by atoms with E-state index in [0.29, 0.717) is 12.1 Å². The lowest BCUT2D eigenvalue weighted by Crippen LogP contribution is -2.40. The summed E-state index contributed by atoms with van der Waals surface area (Å²) < 4.78 is 0. The molecule has 1 fully saturated rings. The first-order valence-electron chi connectivity index (χ1n) is 7.38. The van der Waals surface area contributed by atoms with Crippen molar-refractivity contribution in [3.63, 3.8) is 0 Å². The Balaban J connectivity index is 1.55. The van der Waals surface area contributed by atoms with Gasteiger partial charge in [0, 0.05) is 23.5 Å². The summed E-state index contributed by atoms with van der Waals surface area (Å²) in [5.41, 5.74) is 1.58. The average Bonchev–Trinajstić information content (AvgIpc) is 3.05. The number of rotatable bonds is 4. The smallest absolute Gasteiger partial charge is 0.0332 e. The fraction of sp³-hybridized carbons (Fsp3) is 0.733. The number of aryl methyl sites for hydroxylation is 1.